The van der Waals surface area contributed by atoms with Gasteiger partial charge in [-0.15, -0.1) is 0 Å². The van der Waals surface area contributed by atoms with Gasteiger partial charge in [-0.1, -0.05) is 18.2 Å². The summed E-state index contributed by atoms with van der Waals surface area (Å²) in [6.07, 6.45) is -0.0431. The molecule has 2 rings (SSSR count). The molecule has 3 N–H and O–H groups in total. The molecule has 20 heavy (non-hydrogen) atoms. The number of rotatable bonds is 5. The second kappa shape index (κ2) is 5.32. The van der Waals surface area contributed by atoms with Crippen LogP contribution in [0.25, 0.3) is 0 Å². The lowest BCUT2D eigenvalue weighted by atomic mass is 10.1. The van der Waals surface area contributed by atoms with Crippen molar-refractivity contribution < 1.29 is 19.5 Å². The zero-order chi connectivity index (χ0) is 14.9. The minimum absolute atomic E-state index is 0.0226. The van der Waals surface area contributed by atoms with Crippen LogP contribution in [-0.2, 0) is 9.59 Å². The van der Waals surface area contributed by atoms with Crippen molar-refractivity contribution in [1.82, 2.24) is 4.90 Å². The molecule has 0 bridgehead atoms. The third kappa shape index (κ3) is 2.36. The molecule has 2 unspecified atom stereocenters. The van der Waals surface area contributed by atoms with Gasteiger partial charge in [0.15, 0.2) is 0 Å². The fourth-order valence-electron chi connectivity index (χ4n) is 2.59. The monoisotopic (exact) mass is 276 g/mol. The molecule has 0 fully saturated rings. The standard InChI is InChI=1S/C14H16N2O4/c1-8-9-4-2-3-5-10(9)13(18)16(8)11(14(19)20)6-7-12(15)17/h2-5,8,11H,6-7H2,1H3,(H2,15,17)(H,19,20). The predicted octanol–water partition coefficient (Wildman–Crippen LogP) is 0.922. The summed E-state index contributed by atoms with van der Waals surface area (Å²) in [5, 5.41) is 9.32. The van der Waals surface area contributed by atoms with Gasteiger partial charge >= 0.3 is 5.97 Å². The highest BCUT2D eigenvalue weighted by atomic mass is 16.4. The first kappa shape index (κ1) is 14.0. The maximum Gasteiger partial charge on any atom is 0.326 e. The van der Waals surface area contributed by atoms with Crippen LogP contribution in [0.2, 0.25) is 0 Å². The van der Waals surface area contributed by atoms with Gasteiger partial charge in [-0.05, 0) is 25.0 Å². The normalized spacial score (nSPS) is 18.8. The molecule has 0 aliphatic carbocycles. The maximum atomic E-state index is 12.3. The average Bonchev–Trinajstić information content (AvgIpc) is 2.64. The quantitative estimate of drug-likeness (QED) is 0.835. The van der Waals surface area contributed by atoms with E-state index in [4.69, 9.17) is 5.73 Å². The summed E-state index contributed by atoms with van der Waals surface area (Å²) >= 11 is 0. The van der Waals surface area contributed by atoms with Crippen molar-refractivity contribution in [3.05, 3.63) is 35.4 Å². The number of carboxylic acids is 1. The Morgan fingerprint density at radius 3 is 2.60 bits per heavy atom. The number of hydrogen-bond donors (Lipinski definition) is 2. The second-order valence-corrected chi connectivity index (χ2v) is 4.83. The molecule has 1 aromatic carbocycles. The molecule has 1 aliphatic heterocycles. The van der Waals surface area contributed by atoms with Gasteiger partial charge in [0.1, 0.15) is 6.04 Å². The van der Waals surface area contributed by atoms with Crippen molar-refractivity contribution >= 4 is 17.8 Å². The molecule has 106 valence electrons. The van der Waals surface area contributed by atoms with E-state index in [1.165, 1.54) is 4.90 Å². The SMILES string of the molecule is CC1c2ccccc2C(=O)N1C(CCC(N)=O)C(=O)O. The number of primary amides is 1. The van der Waals surface area contributed by atoms with Crippen LogP contribution in [0.4, 0.5) is 0 Å². The Morgan fingerprint density at radius 1 is 1.40 bits per heavy atom. The Bertz CT molecular complexity index is 570. The lowest BCUT2D eigenvalue weighted by molar-refractivity contribution is -0.143. The van der Waals surface area contributed by atoms with Crippen molar-refractivity contribution in [1.29, 1.82) is 0 Å². The highest BCUT2D eigenvalue weighted by molar-refractivity contribution is 6.01. The van der Waals surface area contributed by atoms with Crippen molar-refractivity contribution in [2.24, 2.45) is 5.73 Å². The Balaban J connectivity index is 2.29. The van der Waals surface area contributed by atoms with Gasteiger partial charge in [0, 0.05) is 12.0 Å². The molecule has 0 radical (unpaired) electrons. The molecular weight excluding hydrogens is 260 g/mol. The van der Waals surface area contributed by atoms with Crippen molar-refractivity contribution in [3.63, 3.8) is 0 Å². The van der Waals surface area contributed by atoms with Gasteiger partial charge in [-0.2, -0.15) is 0 Å². The van der Waals surface area contributed by atoms with E-state index in [1.54, 1.807) is 19.1 Å². The van der Waals surface area contributed by atoms with Crippen molar-refractivity contribution in [2.45, 2.75) is 31.8 Å². The minimum Gasteiger partial charge on any atom is -0.480 e. The largest absolute Gasteiger partial charge is 0.480 e. The molecule has 0 aromatic heterocycles. The first-order valence-corrected chi connectivity index (χ1v) is 6.36. The van der Waals surface area contributed by atoms with E-state index in [9.17, 15) is 19.5 Å². The Labute approximate surface area is 116 Å². The molecule has 0 spiro atoms. The summed E-state index contributed by atoms with van der Waals surface area (Å²) in [6, 6.07) is 5.67. The molecular formula is C14H16N2O4. The zero-order valence-corrected chi connectivity index (χ0v) is 11.1. The number of carbonyl (C=O) groups is 3. The number of benzene rings is 1. The van der Waals surface area contributed by atoms with E-state index in [0.717, 1.165) is 5.56 Å². The third-order valence-corrected chi connectivity index (χ3v) is 3.58. The van der Waals surface area contributed by atoms with E-state index in [2.05, 4.69) is 0 Å². The van der Waals surface area contributed by atoms with Crippen LogP contribution < -0.4 is 5.73 Å². The molecule has 2 amide bonds. The summed E-state index contributed by atoms with van der Waals surface area (Å²) < 4.78 is 0. The van der Waals surface area contributed by atoms with E-state index >= 15 is 0 Å². The number of fused-ring (bicyclic) bond motifs is 1. The van der Waals surface area contributed by atoms with Crippen LogP contribution in [0.3, 0.4) is 0 Å². The molecule has 6 heteroatoms. The number of aliphatic carboxylic acids is 1. The summed E-state index contributed by atoms with van der Waals surface area (Å²) in [5.74, 6) is -2.02. The van der Waals surface area contributed by atoms with E-state index in [0.29, 0.717) is 5.56 Å². The van der Waals surface area contributed by atoms with E-state index in [-0.39, 0.29) is 24.8 Å². The van der Waals surface area contributed by atoms with Crippen LogP contribution in [-0.4, -0.2) is 33.8 Å². The maximum absolute atomic E-state index is 12.3. The van der Waals surface area contributed by atoms with Gasteiger partial charge in [-0.25, -0.2) is 4.79 Å². The van der Waals surface area contributed by atoms with Gasteiger partial charge < -0.3 is 15.7 Å². The Morgan fingerprint density at radius 2 is 2.05 bits per heavy atom. The van der Waals surface area contributed by atoms with Crippen molar-refractivity contribution in [3.8, 4) is 0 Å². The Hall–Kier alpha value is -2.37. The molecule has 6 nitrogen and oxygen atoms in total. The third-order valence-electron chi connectivity index (χ3n) is 3.58. The first-order chi connectivity index (χ1) is 9.43. The fraction of sp³-hybridized carbons (Fsp3) is 0.357. The summed E-state index contributed by atoms with van der Waals surface area (Å²) in [4.78, 5) is 35.9. The number of nitrogens with zero attached hydrogens (tertiary/aromatic N) is 1. The first-order valence-electron chi connectivity index (χ1n) is 6.36. The molecule has 1 aliphatic rings. The van der Waals surface area contributed by atoms with Crippen LogP contribution in [0.5, 0.6) is 0 Å². The minimum atomic E-state index is -1.13. The molecule has 1 aromatic rings. The molecule has 0 saturated heterocycles. The van der Waals surface area contributed by atoms with Crippen LogP contribution in [0.15, 0.2) is 24.3 Å². The highest BCUT2D eigenvalue weighted by Crippen LogP contribution is 2.35. The smallest absolute Gasteiger partial charge is 0.326 e. The number of carboxylic acid groups (broad SMARTS) is 1. The highest BCUT2D eigenvalue weighted by Gasteiger charge is 2.40. The van der Waals surface area contributed by atoms with Crippen molar-refractivity contribution in [2.75, 3.05) is 0 Å². The fourth-order valence-corrected chi connectivity index (χ4v) is 2.59. The van der Waals surface area contributed by atoms with Gasteiger partial charge in [-0.3, -0.25) is 9.59 Å². The summed E-state index contributed by atoms with van der Waals surface area (Å²) in [6.45, 7) is 1.78. The van der Waals surface area contributed by atoms with Crippen LogP contribution in [0, 0.1) is 0 Å². The van der Waals surface area contributed by atoms with E-state index < -0.39 is 17.9 Å². The average molecular weight is 276 g/mol. The molecule has 1 heterocycles. The van der Waals surface area contributed by atoms with Crippen LogP contribution in [0.1, 0.15) is 41.7 Å². The number of amides is 2. The van der Waals surface area contributed by atoms with Gasteiger partial charge in [0.25, 0.3) is 5.91 Å². The lowest BCUT2D eigenvalue weighted by Crippen LogP contribution is -2.43. The molecule has 2 atom stereocenters. The summed E-state index contributed by atoms with van der Waals surface area (Å²) in [7, 11) is 0. The van der Waals surface area contributed by atoms with Gasteiger partial charge in [0.05, 0.1) is 6.04 Å². The second-order valence-electron chi connectivity index (χ2n) is 4.83. The van der Waals surface area contributed by atoms with E-state index in [1.807, 2.05) is 12.1 Å². The summed E-state index contributed by atoms with van der Waals surface area (Å²) in [5.41, 5.74) is 6.38. The van der Waals surface area contributed by atoms with Gasteiger partial charge in [0.2, 0.25) is 5.91 Å². The predicted molar refractivity (Wildman–Crippen MR) is 70.9 cm³/mol. The lowest BCUT2D eigenvalue weighted by Gasteiger charge is -2.28. The topological polar surface area (TPSA) is 101 Å². The molecule has 0 saturated carbocycles. The zero-order valence-electron chi connectivity index (χ0n) is 11.1. The number of hydrogen-bond acceptors (Lipinski definition) is 3. The number of carbonyl (C=O) groups excluding carboxylic acids is 2. The number of nitrogens with two attached hydrogens (primary N) is 1. The Kier molecular flexibility index (Phi) is 3.74. The van der Waals surface area contributed by atoms with Crippen LogP contribution >= 0.6 is 0 Å².